The van der Waals surface area contributed by atoms with E-state index in [0.29, 0.717) is 12.4 Å². The van der Waals surface area contributed by atoms with E-state index >= 15 is 0 Å². The second-order valence-electron chi connectivity index (χ2n) is 3.73. The standard InChI is InChI=1S/C11H19N3O2S/c1-4-8-12-11-7-6-10(9-13-11)17(15,16)14(3)5-2/h6-7,9H,4-5,8H2,1-3H3,(H,12,13). The van der Waals surface area contributed by atoms with Crippen LogP contribution in [0.3, 0.4) is 0 Å². The molecule has 0 saturated heterocycles. The molecule has 0 radical (unpaired) electrons. The molecule has 0 amide bonds. The first-order valence-corrected chi connectivity index (χ1v) is 7.12. The Balaban J connectivity index is 2.87. The number of aromatic nitrogens is 1. The minimum Gasteiger partial charge on any atom is -0.370 e. The van der Waals surface area contributed by atoms with Crippen molar-refractivity contribution in [3.8, 4) is 0 Å². The van der Waals surface area contributed by atoms with Crippen LogP contribution < -0.4 is 5.32 Å². The van der Waals surface area contributed by atoms with E-state index in [1.54, 1.807) is 26.1 Å². The molecular formula is C11H19N3O2S. The zero-order valence-corrected chi connectivity index (χ0v) is 11.3. The smallest absolute Gasteiger partial charge is 0.244 e. The molecule has 5 nitrogen and oxygen atoms in total. The Morgan fingerprint density at radius 2 is 2.06 bits per heavy atom. The molecule has 96 valence electrons. The van der Waals surface area contributed by atoms with Crippen LogP contribution in [0.15, 0.2) is 23.2 Å². The van der Waals surface area contributed by atoms with Crippen molar-refractivity contribution in [3.63, 3.8) is 0 Å². The van der Waals surface area contributed by atoms with Crippen LogP contribution in [0.2, 0.25) is 0 Å². The molecule has 0 aliphatic rings. The van der Waals surface area contributed by atoms with Crippen molar-refractivity contribution in [1.29, 1.82) is 0 Å². The van der Waals surface area contributed by atoms with Crippen molar-refractivity contribution in [2.75, 3.05) is 25.5 Å². The molecule has 0 spiro atoms. The Kier molecular flexibility index (Phi) is 4.89. The van der Waals surface area contributed by atoms with E-state index in [4.69, 9.17) is 0 Å². The van der Waals surface area contributed by atoms with Crippen LogP contribution in [-0.2, 0) is 10.0 Å². The molecule has 0 bridgehead atoms. The summed E-state index contributed by atoms with van der Waals surface area (Å²) in [5.74, 6) is 0.699. The van der Waals surface area contributed by atoms with Gasteiger partial charge in [-0.2, -0.15) is 0 Å². The molecule has 0 saturated carbocycles. The van der Waals surface area contributed by atoms with E-state index in [0.717, 1.165) is 13.0 Å². The number of anilines is 1. The van der Waals surface area contributed by atoms with Crippen LogP contribution in [0.1, 0.15) is 20.3 Å². The molecule has 0 aliphatic carbocycles. The average molecular weight is 257 g/mol. The number of nitrogens with zero attached hydrogens (tertiary/aromatic N) is 2. The Labute approximate surface area is 103 Å². The van der Waals surface area contributed by atoms with Crippen LogP contribution in [0.5, 0.6) is 0 Å². The molecule has 1 aromatic heterocycles. The normalized spacial score (nSPS) is 11.8. The number of rotatable bonds is 6. The Morgan fingerprint density at radius 1 is 1.35 bits per heavy atom. The second-order valence-corrected chi connectivity index (χ2v) is 5.77. The summed E-state index contributed by atoms with van der Waals surface area (Å²) in [6.45, 7) is 5.12. The lowest BCUT2D eigenvalue weighted by Crippen LogP contribution is -2.26. The summed E-state index contributed by atoms with van der Waals surface area (Å²) in [5.41, 5.74) is 0. The first kappa shape index (κ1) is 13.9. The van der Waals surface area contributed by atoms with Gasteiger partial charge in [-0.25, -0.2) is 17.7 Å². The van der Waals surface area contributed by atoms with E-state index in [-0.39, 0.29) is 4.90 Å². The minimum absolute atomic E-state index is 0.226. The largest absolute Gasteiger partial charge is 0.370 e. The Morgan fingerprint density at radius 3 is 2.53 bits per heavy atom. The minimum atomic E-state index is -3.38. The third-order valence-electron chi connectivity index (χ3n) is 2.45. The summed E-state index contributed by atoms with van der Waals surface area (Å²) in [5, 5.41) is 3.10. The van der Waals surface area contributed by atoms with Gasteiger partial charge in [0.05, 0.1) is 0 Å². The molecular weight excluding hydrogens is 238 g/mol. The summed E-state index contributed by atoms with van der Waals surface area (Å²) in [6, 6.07) is 3.26. The lowest BCUT2D eigenvalue weighted by molar-refractivity contribution is 0.486. The first-order chi connectivity index (χ1) is 8.02. The molecule has 6 heteroatoms. The van der Waals surface area contributed by atoms with E-state index in [1.807, 2.05) is 0 Å². The van der Waals surface area contributed by atoms with Crippen molar-refractivity contribution >= 4 is 15.8 Å². The SMILES string of the molecule is CCCNc1ccc(S(=O)(=O)N(C)CC)cn1. The monoisotopic (exact) mass is 257 g/mol. The van der Waals surface area contributed by atoms with Gasteiger partial charge >= 0.3 is 0 Å². The predicted molar refractivity (Wildman–Crippen MR) is 68.5 cm³/mol. The van der Waals surface area contributed by atoms with Crippen molar-refractivity contribution in [1.82, 2.24) is 9.29 Å². The fraction of sp³-hybridized carbons (Fsp3) is 0.545. The molecule has 1 aromatic rings. The molecule has 0 fully saturated rings. The Hall–Kier alpha value is -1.14. The summed E-state index contributed by atoms with van der Waals surface area (Å²) in [7, 11) is -1.83. The van der Waals surface area contributed by atoms with Gasteiger partial charge in [0.15, 0.2) is 0 Å². The van der Waals surface area contributed by atoms with E-state index in [2.05, 4.69) is 17.2 Å². The van der Waals surface area contributed by atoms with Crippen molar-refractivity contribution in [3.05, 3.63) is 18.3 Å². The van der Waals surface area contributed by atoms with Crippen LogP contribution in [0.4, 0.5) is 5.82 Å². The van der Waals surface area contributed by atoms with Crippen LogP contribution in [-0.4, -0.2) is 37.8 Å². The van der Waals surface area contributed by atoms with Gasteiger partial charge in [-0.05, 0) is 18.6 Å². The van der Waals surface area contributed by atoms with Gasteiger partial charge in [0, 0.05) is 26.3 Å². The fourth-order valence-electron chi connectivity index (χ4n) is 1.24. The maximum Gasteiger partial charge on any atom is 0.244 e. The molecule has 0 aromatic carbocycles. The zero-order valence-electron chi connectivity index (χ0n) is 10.5. The third-order valence-corrected chi connectivity index (χ3v) is 4.36. The van der Waals surface area contributed by atoms with E-state index in [9.17, 15) is 8.42 Å². The summed E-state index contributed by atoms with van der Waals surface area (Å²) >= 11 is 0. The van der Waals surface area contributed by atoms with Gasteiger partial charge in [-0.15, -0.1) is 0 Å². The highest BCUT2D eigenvalue weighted by molar-refractivity contribution is 7.89. The van der Waals surface area contributed by atoms with Gasteiger partial charge in [-0.3, -0.25) is 0 Å². The summed E-state index contributed by atoms with van der Waals surface area (Å²) < 4.78 is 25.2. The molecule has 1 heterocycles. The number of sulfonamides is 1. The van der Waals surface area contributed by atoms with E-state index in [1.165, 1.54) is 10.5 Å². The summed E-state index contributed by atoms with van der Waals surface area (Å²) in [4.78, 5) is 4.31. The van der Waals surface area contributed by atoms with Gasteiger partial charge in [0.1, 0.15) is 10.7 Å². The highest BCUT2D eigenvalue weighted by Gasteiger charge is 2.19. The van der Waals surface area contributed by atoms with Gasteiger partial charge in [0.2, 0.25) is 10.0 Å². The maximum absolute atomic E-state index is 12.0. The van der Waals surface area contributed by atoms with Crippen molar-refractivity contribution in [2.24, 2.45) is 0 Å². The topological polar surface area (TPSA) is 62.3 Å². The lowest BCUT2D eigenvalue weighted by atomic mass is 10.4. The second kappa shape index (κ2) is 5.97. The third kappa shape index (κ3) is 3.41. The number of pyridine rings is 1. The molecule has 0 atom stereocenters. The molecule has 0 aliphatic heterocycles. The molecule has 17 heavy (non-hydrogen) atoms. The van der Waals surface area contributed by atoms with Crippen LogP contribution >= 0.6 is 0 Å². The number of nitrogens with one attached hydrogen (secondary N) is 1. The molecule has 0 unspecified atom stereocenters. The average Bonchev–Trinajstić information content (AvgIpc) is 2.35. The lowest BCUT2D eigenvalue weighted by Gasteiger charge is -2.14. The first-order valence-electron chi connectivity index (χ1n) is 5.68. The van der Waals surface area contributed by atoms with Crippen LogP contribution in [0, 0.1) is 0 Å². The van der Waals surface area contributed by atoms with Crippen LogP contribution in [0.25, 0.3) is 0 Å². The highest BCUT2D eigenvalue weighted by Crippen LogP contribution is 2.14. The number of hydrogen-bond donors (Lipinski definition) is 1. The number of hydrogen-bond acceptors (Lipinski definition) is 4. The quantitative estimate of drug-likeness (QED) is 0.839. The maximum atomic E-state index is 12.0. The van der Waals surface area contributed by atoms with Gasteiger partial charge in [-0.1, -0.05) is 13.8 Å². The fourth-order valence-corrected chi connectivity index (χ4v) is 2.37. The van der Waals surface area contributed by atoms with E-state index < -0.39 is 10.0 Å². The summed E-state index contributed by atoms with van der Waals surface area (Å²) in [6.07, 6.45) is 2.39. The zero-order chi connectivity index (χ0) is 12.9. The highest BCUT2D eigenvalue weighted by atomic mass is 32.2. The van der Waals surface area contributed by atoms with Crippen molar-refractivity contribution in [2.45, 2.75) is 25.2 Å². The molecule has 1 rings (SSSR count). The van der Waals surface area contributed by atoms with Gasteiger partial charge < -0.3 is 5.32 Å². The van der Waals surface area contributed by atoms with Gasteiger partial charge in [0.25, 0.3) is 0 Å². The molecule has 1 N–H and O–H groups in total. The predicted octanol–water partition coefficient (Wildman–Crippen LogP) is 1.54. The Bertz CT molecular complexity index is 442. The van der Waals surface area contributed by atoms with Crippen molar-refractivity contribution < 1.29 is 8.42 Å².